The highest BCUT2D eigenvalue weighted by atomic mass is 35.5. The van der Waals surface area contributed by atoms with Crippen LogP contribution in [0.5, 0.6) is 0 Å². The summed E-state index contributed by atoms with van der Waals surface area (Å²) < 4.78 is 25.6. The molecule has 1 fully saturated rings. The van der Waals surface area contributed by atoms with Gasteiger partial charge >= 0.3 is 0 Å². The Hall–Kier alpha value is -0.330. The minimum Gasteiger partial charge on any atom is -0.396 e. The van der Waals surface area contributed by atoms with Gasteiger partial charge in [-0.2, -0.15) is 4.31 Å². The second-order valence-corrected chi connectivity index (χ2v) is 6.61. The predicted octanol–water partition coefficient (Wildman–Crippen LogP) is 1.61. The SMILES string of the molecule is O=S(=O)(c1cccc(Cl)c1Cl)N1CC(CO)C1. The van der Waals surface area contributed by atoms with E-state index in [1.807, 2.05) is 0 Å². The first-order chi connectivity index (χ1) is 7.96. The van der Waals surface area contributed by atoms with Crippen LogP contribution in [0.3, 0.4) is 0 Å². The van der Waals surface area contributed by atoms with Crippen molar-refractivity contribution >= 4 is 33.2 Å². The van der Waals surface area contributed by atoms with Crippen LogP contribution in [0.25, 0.3) is 0 Å². The number of hydrogen-bond acceptors (Lipinski definition) is 3. The molecule has 1 saturated heterocycles. The number of aliphatic hydroxyl groups excluding tert-OH is 1. The van der Waals surface area contributed by atoms with E-state index in [9.17, 15) is 8.42 Å². The molecule has 4 nitrogen and oxygen atoms in total. The van der Waals surface area contributed by atoms with Gasteiger partial charge in [-0.25, -0.2) is 8.42 Å². The van der Waals surface area contributed by atoms with Gasteiger partial charge in [-0.15, -0.1) is 0 Å². The summed E-state index contributed by atoms with van der Waals surface area (Å²) in [7, 11) is -3.59. The van der Waals surface area contributed by atoms with Crippen molar-refractivity contribution in [2.45, 2.75) is 4.90 Å². The van der Waals surface area contributed by atoms with Crippen molar-refractivity contribution in [3.63, 3.8) is 0 Å². The van der Waals surface area contributed by atoms with E-state index in [2.05, 4.69) is 0 Å². The maximum atomic E-state index is 12.2. The minimum absolute atomic E-state index is 0.00466. The van der Waals surface area contributed by atoms with E-state index in [-0.39, 0.29) is 27.5 Å². The molecule has 1 aliphatic heterocycles. The summed E-state index contributed by atoms with van der Waals surface area (Å²) in [6.45, 7) is 0.638. The molecule has 0 amide bonds. The summed E-state index contributed by atoms with van der Waals surface area (Å²) in [6.07, 6.45) is 0. The zero-order chi connectivity index (χ0) is 12.6. The summed E-state index contributed by atoms with van der Waals surface area (Å²) in [5.41, 5.74) is 0. The van der Waals surface area contributed by atoms with Gasteiger partial charge in [0.1, 0.15) is 4.90 Å². The maximum Gasteiger partial charge on any atom is 0.244 e. The predicted molar refractivity (Wildman–Crippen MR) is 65.8 cm³/mol. The lowest BCUT2D eigenvalue weighted by molar-refractivity contribution is 0.117. The molecule has 94 valence electrons. The van der Waals surface area contributed by atoms with Gasteiger partial charge in [0.2, 0.25) is 10.0 Å². The van der Waals surface area contributed by atoms with Gasteiger partial charge in [-0.3, -0.25) is 0 Å². The van der Waals surface area contributed by atoms with Gasteiger partial charge < -0.3 is 5.11 Å². The molecule has 1 aliphatic rings. The van der Waals surface area contributed by atoms with Crippen molar-refractivity contribution < 1.29 is 13.5 Å². The first-order valence-electron chi connectivity index (χ1n) is 5.02. The summed E-state index contributed by atoms with van der Waals surface area (Å²) in [4.78, 5) is 0.0167. The first-order valence-corrected chi connectivity index (χ1v) is 7.21. The minimum atomic E-state index is -3.59. The van der Waals surface area contributed by atoms with Crippen LogP contribution in [0.4, 0.5) is 0 Å². The number of benzene rings is 1. The van der Waals surface area contributed by atoms with Gasteiger partial charge in [-0.05, 0) is 12.1 Å². The summed E-state index contributed by atoms with van der Waals surface area (Å²) in [5, 5.41) is 9.13. The Bertz CT molecular complexity index is 526. The average Bonchev–Trinajstić information content (AvgIpc) is 2.20. The number of aliphatic hydroxyl groups is 1. The van der Waals surface area contributed by atoms with Crippen molar-refractivity contribution in [3.05, 3.63) is 28.2 Å². The number of halogens is 2. The van der Waals surface area contributed by atoms with Gasteiger partial charge in [0.15, 0.2) is 0 Å². The van der Waals surface area contributed by atoms with E-state index in [4.69, 9.17) is 28.3 Å². The Labute approximate surface area is 110 Å². The van der Waals surface area contributed by atoms with Crippen molar-refractivity contribution in [2.24, 2.45) is 5.92 Å². The third-order valence-electron chi connectivity index (χ3n) is 2.72. The summed E-state index contributed by atoms with van der Waals surface area (Å²) in [5.74, 6) is 0.0164. The van der Waals surface area contributed by atoms with Crippen molar-refractivity contribution in [2.75, 3.05) is 19.7 Å². The lowest BCUT2D eigenvalue weighted by Crippen LogP contribution is -2.51. The second-order valence-electron chi connectivity index (χ2n) is 3.92. The van der Waals surface area contributed by atoms with Gasteiger partial charge in [0.05, 0.1) is 10.0 Å². The third-order valence-corrected chi connectivity index (χ3v) is 5.52. The highest BCUT2D eigenvalue weighted by Crippen LogP contribution is 2.33. The smallest absolute Gasteiger partial charge is 0.244 e. The molecule has 17 heavy (non-hydrogen) atoms. The fraction of sp³-hybridized carbons (Fsp3) is 0.400. The van der Waals surface area contributed by atoms with E-state index in [0.29, 0.717) is 13.1 Å². The normalized spacial score (nSPS) is 18.1. The van der Waals surface area contributed by atoms with Crippen LogP contribution in [-0.4, -0.2) is 37.5 Å². The zero-order valence-corrected chi connectivity index (χ0v) is 11.1. The van der Waals surface area contributed by atoms with Crippen LogP contribution < -0.4 is 0 Å². The molecule has 0 atom stereocenters. The molecule has 0 radical (unpaired) electrons. The zero-order valence-electron chi connectivity index (χ0n) is 8.81. The van der Waals surface area contributed by atoms with Crippen molar-refractivity contribution in [1.82, 2.24) is 4.31 Å². The third kappa shape index (κ3) is 2.30. The van der Waals surface area contributed by atoms with Crippen molar-refractivity contribution in [3.8, 4) is 0 Å². The van der Waals surface area contributed by atoms with Gasteiger partial charge in [0.25, 0.3) is 0 Å². The van der Waals surface area contributed by atoms with E-state index in [0.717, 1.165) is 0 Å². The van der Waals surface area contributed by atoms with Crippen LogP contribution in [0.1, 0.15) is 0 Å². The lowest BCUT2D eigenvalue weighted by Gasteiger charge is -2.37. The fourth-order valence-corrected chi connectivity index (χ4v) is 3.98. The van der Waals surface area contributed by atoms with Crippen LogP contribution in [0.15, 0.2) is 23.1 Å². The molecule has 0 spiro atoms. The molecular formula is C10H11Cl2NO3S. The Morgan fingerprint density at radius 1 is 1.35 bits per heavy atom. The van der Waals surface area contributed by atoms with Crippen LogP contribution >= 0.6 is 23.2 Å². The number of rotatable bonds is 3. The van der Waals surface area contributed by atoms with E-state index < -0.39 is 10.0 Å². The van der Waals surface area contributed by atoms with Crippen LogP contribution in [0.2, 0.25) is 10.0 Å². The molecule has 1 aromatic carbocycles. The maximum absolute atomic E-state index is 12.2. The van der Waals surface area contributed by atoms with Crippen molar-refractivity contribution in [1.29, 1.82) is 0 Å². The van der Waals surface area contributed by atoms with Gasteiger partial charge in [-0.1, -0.05) is 29.3 Å². The second kappa shape index (κ2) is 4.74. The first kappa shape index (κ1) is 13.1. The number of nitrogens with zero attached hydrogens (tertiary/aromatic N) is 1. The highest BCUT2D eigenvalue weighted by Gasteiger charge is 2.37. The topological polar surface area (TPSA) is 57.6 Å². The average molecular weight is 296 g/mol. The lowest BCUT2D eigenvalue weighted by atomic mass is 10.1. The molecule has 1 aromatic rings. The Morgan fingerprint density at radius 3 is 2.59 bits per heavy atom. The quantitative estimate of drug-likeness (QED) is 0.922. The molecule has 1 heterocycles. The molecule has 0 aliphatic carbocycles. The summed E-state index contributed by atoms with van der Waals surface area (Å²) in [6, 6.07) is 4.51. The molecule has 0 bridgehead atoms. The molecule has 0 aromatic heterocycles. The molecule has 7 heteroatoms. The van der Waals surface area contributed by atoms with E-state index in [1.165, 1.54) is 16.4 Å². The number of hydrogen-bond donors (Lipinski definition) is 1. The standard InChI is InChI=1S/C10H11Cl2NO3S/c11-8-2-1-3-9(10(8)12)17(15,16)13-4-7(5-13)6-14/h1-3,7,14H,4-6H2. The molecule has 0 unspecified atom stereocenters. The van der Waals surface area contributed by atoms with Gasteiger partial charge in [0, 0.05) is 25.6 Å². The fourth-order valence-electron chi connectivity index (χ4n) is 1.66. The summed E-state index contributed by atoms with van der Waals surface area (Å²) >= 11 is 11.7. The Kier molecular flexibility index (Phi) is 3.66. The molecular weight excluding hydrogens is 285 g/mol. The molecule has 0 saturated carbocycles. The molecule has 2 rings (SSSR count). The van der Waals surface area contributed by atoms with E-state index in [1.54, 1.807) is 6.07 Å². The van der Waals surface area contributed by atoms with Crippen LogP contribution in [0, 0.1) is 5.92 Å². The van der Waals surface area contributed by atoms with Crippen LogP contribution in [-0.2, 0) is 10.0 Å². The Morgan fingerprint density at radius 2 is 2.00 bits per heavy atom. The monoisotopic (exact) mass is 295 g/mol. The highest BCUT2D eigenvalue weighted by molar-refractivity contribution is 7.89. The Balaban J connectivity index is 2.30. The molecule has 1 N–H and O–H groups in total. The largest absolute Gasteiger partial charge is 0.396 e. The number of sulfonamides is 1. The van der Waals surface area contributed by atoms with E-state index >= 15 is 0 Å².